The molecular weight excluding hydrogens is 380 g/mol. The van der Waals surface area contributed by atoms with Crippen LogP contribution in [0.2, 0.25) is 0 Å². The Labute approximate surface area is 167 Å². The van der Waals surface area contributed by atoms with E-state index in [4.69, 9.17) is 14.2 Å². The van der Waals surface area contributed by atoms with Crippen molar-refractivity contribution in [2.24, 2.45) is 0 Å². The molecule has 154 valence electrons. The predicted molar refractivity (Wildman–Crippen MR) is 104 cm³/mol. The maximum Gasteiger partial charge on any atom is 0.338 e. The third-order valence-corrected chi connectivity index (χ3v) is 4.25. The molecule has 2 aromatic rings. The number of amides is 1. The van der Waals surface area contributed by atoms with Crippen LogP contribution in [0, 0.1) is 10.1 Å². The summed E-state index contributed by atoms with van der Waals surface area (Å²) in [7, 11) is 4.72. The third kappa shape index (κ3) is 5.93. The zero-order valence-corrected chi connectivity index (χ0v) is 16.4. The fourth-order valence-corrected chi connectivity index (χ4v) is 2.50. The monoisotopic (exact) mass is 402 g/mol. The number of carbonyl (C=O) groups is 2. The molecule has 0 bridgehead atoms. The molecule has 0 aliphatic rings. The van der Waals surface area contributed by atoms with Gasteiger partial charge in [0.1, 0.15) is 0 Å². The molecule has 0 saturated carbocycles. The highest BCUT2D eigenvalue weighted by atomic mass is 16.6. The Kier molecular flexibility index (Phi) is 7.53. The lowest BCUT2D eigenvalue weighted by molar-refractivity contribution is -0.384. The molecule has 0 aromatic heterocycles. The first-order valence-corrected chi connectivity index (χ1v) is 8.72. The van der Waals surface area contributed by atoms with Crippen LogP contribution in [0.4, 0.5) is 5.69 Å². The van der Waals surface area contributed by atoms with Gasteiger partial charge in [-0.1, -0.05) is 6.07 Å². The molecule has 0 N–H and O–H groups in total. The van der Waals surface area contributed by atoms with Gasteiger partial charge in [0.15, 0.2) is 18.1 Å². The van der Waals surface area contributed by atoms with Gasteiger partial charge in [-0.2, -0.15) is 0 Å². The van der Waals surface area contributed by atoms with E-state index in [0.29, 0.717) is 24.5 Å². The average Bonchev–Trinajstić information content (AvgIpc) is 2.75. The number of nitrogens with zero attached hydrogens (tertiary/aromatic N) is 2. The minimum atomic E-state index is -0.721. The lowest BCUT2D eigenvalue weighted by atomic mass is 10.1. The zero-order chi connectivity index (χ0) is 21.4. The standard InChI is InChI=1S/C20H22N2O7/c1-21(11-10-14-4-9-17(27-2)18(12-14)28-3)19(23)13-29-20(24)15-5-7-16(8-6-15)22(25)26/h4-9,12H,10-11,13H2,1-3H3. The van der Waals surface area contributed by atoms with Gasteiger partial charge < -0.3 is 19.1 Å². The Morgan fingerprint density at radius 2 is 1.69 bits per heavy atom. The van der Waals surface area contributed by atoms with Gasteiger partial charge in [0.05, 0.1) is 24.7 Å². The molecule has 1 amide bonds. The van der Waals surface area contributed by atoms with Crippen LogP contribution in [0.1, 0.15) is 15.9 Å². The normalized spacial score (nSPS) is 10.2. The van der Waals surface area contributed by atoms with E-state index in [-0.39, 0.29) is 17.2 Å². The van der Waals surface area contributed by atoms with Crippen molar-refractivity contribution in [2.75, 3.05) is 34.4 Å². The largest absolute Gasteiger partial charge is 0.493 e. The van der Waals surface area contributed by atoms with Crippen molar-refractivity contribution in [3.8, 4) is 11.5 Å². The number of methoxy groups -OCH3 is 2. The number of carbonyl (C=O) groups excluding carboxylic acids is 2. The first kappa shape index (κ1) is 21.7. The third-order valence-electron chi connectivity index (χ3n) is 4.25. The lowest BCUT2D eigenvalue weighted by Gasteiger charge is -2.17. The molecular formula is C20H22N2O7. The second kappa shape index (κ2) is 10.1. The van der Waals surface area contributed by atoms with E-state index in [0.717, 1.165) is 5.56 Å². The van der Waals surface area contributed by atoms with Gasteiger partial charge in [0, 0.05) is 25.7 Å². The Morgan fingerprint density at radius 3 is 2.28 bits per heavy atom. The maximum absolute atomic E-state index is 12.2. The molecule has 9 nitrogen and oxygen atoms in total. The first-order chi connectivity index (χ1) is 13.8. The van der Waals surface area contributed by atoms with Gasteiger partial charge in [-0.15, -0.1) is 0 Å². The van der Waals surface area contributed by atoms with Crippen molar-refractivity contribution in [3.63, 3.8) is 0 Å². The molecule has 0 heterocycles. The van der Waals surface area contributed by atoms with E-state index in [1.54, 1.807) is 27.3 Å². The van der Waals surface area contributed by atoms with Crippen LogP contribution < -0.4 is 9.47 Å². The summed E-state index contributed by atoms with van der Waals surface area (Å²) in [4.78, 5) is 35.7. The van der Waals surface area contributed by atoms with E-state index in [1.165, 1.54) is 29.2 Å². The number of esters is 1. The summed E-state index contributed by atoms with van der Waals surface area (Å²) >= 11 is 0. The van der Waals surface area contributed by atoms with Crippen LogP contribution >= 0.6 is 0 Å². The van der Waals surface area contributed by atoms with E-state index in [2.05, 4.69) is 0 Å². The van der Waals surface area contributed by atoms with Crippen molar-refractivity contribution in [1.82, 2.24) is 4.90 Å². The van der Waals surface area contributed by atoms with Crippen molar-refractivity contribution in [3.05, 3.63) is 63.7 Å². The predicted octanol–water partition coefficient (Wildman–Crippen LogP) is 2.47. The zero-order valence-electron chi connectivity index (χ0n) is 16.4. The number of nitro groups is 1. The van der Waals surface area contributed by atoms with Crippen molar-refractivity contribution in [2.45, 2.75) is 6.42 Å². The van der Waals surface area contributed by atoms with Crippen LogP contribution in [0.25, 0.3) is 0 Å². The summed E-state index contributed by atoms with van der Waals surface area (Å²) in [5, 5.41) is 10.6. The first-order valence-electron chi connectivity index (χ1n) is 8.72. The molecule has 29 heavy (non-hydrogen) atoms. The van der Waals surface area contributed by atoms with Crippen molar-refractivity contribution >= 4 is 17.6 Å². The van der Waals surface area contributed by atoms with E-state index in [1.807, 2.05) is 12.1 Å². The van der Waals surface area contributed by atoms with Gasteiger partial charge >= 0.3 is 5.97 Å². The second-order valence-electron chi connectivity index (χ2n) is 6.13. The summed E-state index contributed by atoms with van der Waals surface area (Å²) in [6.45, 7) is 0.00164. The van der Waals surface area contributed by atoms with Crippen molar-refractivity contribution < 1.29 is 28.7 Å². The van der Waals surface area contributed by atoms with E-state index >= 15 is 0 Å². The summed E-state index contributed by atoms with van der Waals surface area (Å²) < 4.78 is 15.4. The minimum absolute atomic E-state index is 0.132. The van der Waals surface area contributed by atoms with Gasteiger partial charge in [0.25, 0.3) is 11.6 Å². The second-order valence-corrected chi connectivity index (χ2v) is 6.13. The molecule has 0 fully saturated rings. The molecule has 0 radical (unpaired) electrons. The minimum Gasteiger partial charge on any atom is -0.493 e. The number of ether oxygens (including phenoxy) is 3. The molecule has 0 aliphatic heterocycles. The number of nitro benzene ring substituents is 1. The van der Waals surface area contributed by atoms with Crippen LogP contribution in [0.15, 0.2) is 42.5 Å². The number of rotatable bonds is 9. The molecule has 2 rings (SSSR count). The van der Waals surface area contributed by atoms with Gasteiger partial charge in [-0.05, 0) is 36.2 Å². The maximum atomic E-state index is 12.2. The highest BCUT2D eigenvalue weighted by molar-refractivity contribution is 5.91. The van der Waals surface area contributed by atoms with E-state index in [9.17, 15) is 19.7 Å². The smallest absolute Gasteiger partial charge is 0.338 e. The number of likely N-dealkylation sites (N-methyl/N-ethyl adjacent to an activating group) is 1. The van der Waals surface area contributed by atoms with Crippen LogP contribution in [-0.2, 0) is 16.0 Å². The van der Waals surface area contributed by atoms with Crippen LogP contribution in [0.5, 0.6) is 11.5 Å². The SMILES string of the molecule is COc1ccc(CCN(C)C(=O)COC(=O)c2ccc([N+](=O)[O-])cc2)cc1OC. The fraction of sp³-hybridized carbons (Fsp3) is 0.300. The molecule has 0 aliphatic carbocycles. The average molecular weight is 402 g/mol. The Morgan fingerprint density at radius 1 is 1.03 bits per heavy atom. The summed E-state index contributed by atoms with van der Waals surface area (Å²) in [6.07, 6.45) is 0.582. The molecule has 0 saturated heterocycles. The lowest BCUT2D eigenvalue weighted by Crippen LogP contribution is -2.32. The number of hydrogen-bond donors (Lipinski definition) is 0. The van der Waals surface area contributed by atoms with Crippen LogP contribution in [-0.4, -0.2) is 56.1 Å². The van der Waals surface area contributed by atoms with Crippen molar-refractivity contribution in [1.29, 1.82) is 0 Å². The highest BCUT2D eigenvalue weighted by Crippen LogP contribution is 2.27. The summed E-state index contributed by atoms with van der Waals surface area (Å²) in [5.74, 6) is 0.150. The molecule has 0 unspecified atom stereocenters. The van der Waals surface area contributed by atoms with Gasteiger partial charge in [0.2, 0.25) is 0 Å². The molecule has 0 atom stereocenters. The number of non-ortho nitro benzene ring substituents is 1. The quantitative estimate of drug-likeness (QED) is 0.360. The summed E-state index contributed by atoms with van der Waals surface area (Å²) in [6, 6.07) is 10.5. The Balaban J connectivity index is 1.84. The van der Waals surface area contributed by atoms with Gasteiger partial charge in [-0.3, -0.25) is 14.9 Å². The van der Waals surface area contributed by atoms with Gasteiger partial charge in [-0.25, -0.2) is 4.79 Å². The number of hydrogen-bond acceptors (Lipinski definition) is 7. The summed E-state index contributed by atoms with van der Waals surface area (Å²) in [5.41, 5.74) is 0.967. The fourth-order valence-electron chi connectivity index (χ4n) is 2.50. The molecule has 0 spiro atoms. The molecule has 9 heteroatoms. The van der Waals surface area contributed by atoms with Crippen LogP contribution in [0.3, 0.4) is 0 Å². The Hall–Kier alpha value is -3.62. The number of benzene rings is 2. The van der Waals surface area contributed by atoms with E-state index < -0.39 is 17.5 Å². The molecule has 2 aromatic carbocycles. The Bertz CT molecular complexity index is 881. The topological polar surface area (TPSA) is 108 Å². The highest BCUT2D eigenvalue weighted by Gasteiger charge is 2.15.